The van der Waals surface area contributed by atoms with E-state index in [4.69, 9.17) is 10.5 Å². The minimum Gasteiger partial charge on any atom is -0.495 e. The van der Waals surface area contributed by atoms with Gasteiger partial charge in [-0.25, -0.2) is 8.78 Å². The Kier molecular flexibility index (Phi) is 4.78. The van der Waals surface area contributed by atoms with Gasteiger partial charge in [-0.1, -0.05) is 0 Å². The van der Waals surface area contributed by atoms with Gasteiger partial charge in [-0.05, 0) is 43.0 Å². The molecule has 0 spiro atoms. The van der Waals surface area contributed by atoms with Crippen molar-refractivity contribution in [2.45, 2.75) is 19.0 Å². The SMILES string of the molecule is COc1c(C(N)=O)ccc(F)c1-c1ccc(NCC2CC(F)C2)nn1. The maximum Gasteiger partial charge on any atom is 0.252 e. The second-order valence-electron chi connectivity index (χ2n) is 5.99. The molecule has 132 valence electrons. The molecule has 1 fully saturated rings. The van der Waals surface area contributed by atoms with Gasteiger partial charge < -0.3 is 15.8 Å². The number of hydrogen-bond acceptors (Lipinski definition) is 5. The van der Waals surface area contributed by atoms with Crippen LogP contribution in [0.3, 0.4) is 0 Å². The molecule has 25 heavy (non-hydrogen) atoms. The monoisotopic (exact) mass is 348 g/mol. The molecule has 0 unspecified atom stereocenters. The lowest BCUT2D eigenvalue weighted by atomic mass is 9.83. The summed E-state index contributed by atoms with van der Waals surface area (Å²) in [6, 6.07) is 5.61. The number of ether oxygens (including phenoxy) is 1. The van der Waals surface area contributed by atoms with E-state index >= 15 is 0 Å². The van der Waals surface area contributed by atoms with Crippen LogP contribution in [0.15, 0.2) is 24.3 Å². The van der Waals surface area contributed by atoms with Crippen molar-refractivity contribution in [2.24, 2.45) is 11.7 Å². The molecule has 3 N–H and O–H groups in total. The topological polar surface area (TPSA) is 90.1 Å². The number of nitrogens with one attached hydrogen (secondary N) is 1. The second-order valence-corrected chi connectivity index (χ2v) is 5.99. The van der Waals surface area contributed by atoms with Crippen LogP contribution in [0.25, 0.3) is 11.3 Å². The molecule has 1 saturated carbocycles. The number of carbonyl (C=O) groups excluding carboxylic acids is 1. The largest absolute Gasteiger partial charge is 0.495 e. The Labute approximate surface area is 143 Å². The maximum absolute atomic E-state index is 14.3. The number of nitrogens with two attached hydrogens (primary N) is 1. The molecular weight excluding hydrogens is 330 g/mol. The highest BCUT2D eigenvalue weighted by molar-refractivity contribution is 5.98. The van der Waals surface area contributed by atoms with Gasteiger partial charge in [0.05, 0.1) is 23.9 Å². The molecule has 1 aliphatic rings. The molecule has 0 saturated heterocycles. The van der Waals surface area contributed by atoms with Crippen LogP contribution in [-0.2, 0) is 0 Å². The van der Waals surface area contributed by atoms with Crippen LogP contribution < -0.4 is 15.8 Å². The number of alkyl halides is 1. The summed E-state index contributed by atoms with van der Waals surface area (Å²) < 4.78 is 32.2. The van der Waals surface area contributed by atoms with Crippen LogP contribution in [0, 0.1) is 11.7 Å². The van der Waals surface area contributed by atoms with Crippen molar-refractivity contribution in [2.75, 3.05) is 19.0 Å². The van der Waals surface area contributed by atoms with Crippen LogP contribution in [-0.4, -0.2) is 35.9 Å². The number of primary amides is 1. The van der Waals surface area contributed by atoms with Crippen molar-refractivity contribution in [3.05, 3.63) is 35.6 Å². The van der Waals surface area contributed by atoms with E-state index in [0.717, 1.165) is 6.07 Å². The van der Waals surface area contributed by atoms with Crippen LogP contribution in [0.1, 0.15) is 23.2 Å². The summed E-state index contributed by atoms with van der Waals surface area (Å²) in [7, 11) is 1.32. The molecule has 0 radical (unpaired) electrons. The van der Waals surface area contributed by atoms with Crippen LogP contribution in [0.2, 0.25) is 0 Å². The lowest BCUT2D eigenvalue weighted by molar-refractivity contribution is 0.0997. The summed E-state index contributed by atoms with van der Waals surface area (Å²) in [5.41, 5.74) is 5.60. The number of anilines is 1. The fourth-order valence-electron chi connectivity index (χ4n) is 2.83. The van der Waals surface area contributed by atoms with E-state index in [2.05, 4.69) is 15.5 Å². The first kappa shape index (κ1) is 17.1. The van der Waals surface area contributed by atoms with Crippen LogP contribution in [0.5, 0.6) is 5.75 Å². The van der Waals surface area contributed by atoms with Gasteiger partial charge in [0.15, 0.2) is 0 Å². The van der Waals surface area contributed by atoms with Crippen LogP contribution >= 0.6 is 0 Å². The van der Waals surface area contributed by atoms with Crippen LogP contribution in [0.4, 0.5) is 14.6 Å². The Balaban J connectivity index is 1.82. The Bertz CT molecular complexity index is 777. The molecular formula is C17H18F2N4O2. The van der Waals surface area contributed by atoms with E-state index in [-0.39, 0.29) is 22.6 Å². The van der Waals surface area contributed by atoms with Gasteiger partial charge in [0.1, 0.15) is 23.6 Å². The fraction of sp³-hybridized carbons (Fsp3) is 0.353. The van der Waals surface area contributed by atoms with E-state index in [0.29, 0.717) is 31.1 Å². The zero-order chi connectivity index (χ0) is 18.0. The minimum atomic E-state index is -0.726. The highest BCUT2D eigenvalue weighted by Crippen LogP contribution is 2.34. The predicted octanol–water partition coefficient (Wildman–Crippen LogP) is 2.55. The number of nitrogens with zero attached hydrogens (tertiary/aromatic N) is 2. The zero-order valence-electron chi connectivity index (χ0n) is 13.6. The summed E-state index contributed by atoms with van der Waals surface area (Å²) in [6.45, 7) is 0.614. The van der Waals surface area contributed by atoms with Gasteiger partial charge in [0, 0.05) is 6.54 Å². The summed E-state index contributed by atoms with van der Waals surface area (Å²) in [6.07, 6.45) is 0.412. The molecule has 0 atom stereocenters. The van der Waals surface area contributed by atoms with Crippen molar-refractivity contribution in [3.63, 3.8) is 0 Å². The third-order valence-corrected chi connectivity index (χ3v) is 4.25. The smallest absolute Gasteiger partial charge is 0.252 e. The normalized spacial score (nSPS) is 19.2. The molecule has 1 aromatic carbocycles. The third-order valence-electron chi connectivity index (χ3n) is 4.25. The van der Waals surface area contributed by atoms with Crippen molar-refractivity contribution in [3.8, 4) is 17.0 Å². The first-order chi connectivity index (χ1) is 12.0. The van der Waals surface area contributed by atoms with Gasteiger partial charge in [0.25, 0.3) is 5.91 Å². The minimum absolute atomic E-state index is 0.0194. The molecule has 8 heteroatoms. The molecule has 1 heterocycles. The number of aromatic nitrogens is 2. The van der Waals surface area contributed by atoms with Crippen molar-refractivity contribution in [1.82, 2.24) is 10.2 Å². The number of hydrogen-bond donors (Lipinski definition) is 2. The van der Waals surface area contributed by atoms with E-state index in [1.54, 1.807) is 12.1 Å². The van der Waals surface area contributed by atoms with Gasteiger partial charge >= 0.3 is 0 Å². The molecule has 1 amide bonds. The number of benzene rings is 1. The summed E-state index contributed by atoms with van der Waals surface area (Å²) >= 11 is 0. The number of rotatable bonds is 6. The lowest BCUT2D eigenvalue weighted by Gasteiger charge is -2.29. The van der Waals surface area contributed by atoms with Crippen molar-refractivity contribution in [1.29, 1.82) is 0 Å². The number of amides is 1. The molecule has 1 aliphatic carbocycles. The average Bonchev–Trinajstić information content (AvgIpc) is 2.57. The summed E-state index contributed by atoms with van der Waals surface area (Å²) in [5.74, 6) is -0.500. The Morgan fingerprint density at radius 1 is 1.32 bits per heavy atom. The maximum atomic E-state index is 14.3. The second kappa shape index (κ2) is 7.00. The summed E-state index contributed by atoms with van der Waals surface area (Å²) in [5, 5.41) is 11.1. The van der Waals surface area contributed by atoms with E-state index in [9.17, 15) is 13.6 Å². The Hall–Kier alpha value is -2.77. The standard InChI is InChI=1S/C17H18F2N4O2/c1-25-16-11(17(20)24)2-3-12(19)15(16)13-4-5-14(23-22-13)21-8-9-6-10(18)7-9/h2-5,9-10H,6-8H2,1H3,(H2,20,24)(H,21,23). The summed E-state index contributed by atoms with van der Waals surface area (Å²) in [4.78, 5) is 11.5. The van der Waals surface area contributed by atoms with Gasteiger partial charge in [-0.3, -0.25) is 4.79 Å². The first-order valence-corrected chi connectivity index (χ1v) is 7.88. The molecule has 2 aromatic rings. The lowest BCUT2D eigenvalue weighted by Crippen LogP contribution is -2.30. The Morgan fingerprint density at radius 2 is 2.08 bits per heavy atom. The van der Waals surface area contributed by atoms with E-state index in [1.807, 2.05) is 0 Å². The highest BCUT2D eigenvalue weighted by atomic mass is 19.1. The van der Waals surface area contributed by atoms with Crippen molar-refractivity contribution >= 4 is 11.7 Å². The third kappa shape index (κ3) is 3.52. The number of methoxy groups -OCH3 is 1. The molecule has 0 bridgehead atoms. The highest BCUT2D eigenvalue weighted by Gasteiger charge is 2.28. The molecule has 6 nitrogen and oxygen atoms in total. The molecule has 1 aromatic heterocycles. The fourth-order valence-corrected chi connectivity index (χ4v) is 2.83. The van der Waals surface area contributed by atoms with E-state index < -0.39 is 17.9 Å². The molecule has 0 aliphatic heterocycles. The number of halogens is 2. The average molecular weight is 348 g/mol. The van der Waals surface area contributed by atoms with E-state index in [1.165, 1.54) is 13.2 Å². The van der Waals surface area contributed by atoms with Crippen molar-refractivity contribution < 1.29 is 18.3 Å². The van der Waals surface area contributed by atoms with Gasteiger partial charge in [0.2, 0.25) is 0 Å². The predicted molar refractivity (Wildman–Crippen MR) is 88.6 cm³/mol. The number of carbonyl (C=O) groups is 1. The Morgan fingerprint density at radius 3 is 2.64 bits per heavy atom. The zero-order valence-corrected chi connectivity index (χ0v) is 13.6. The quantitative estimate of drug-likeness (QED) is 0.837. The van der Waals surface area contributed by atoms with Gasteiger partial charge in [-0.2, -0.15) is 0 Å². The first-order valence-electron chi connectivity index (χ1n) is 7.88. The van der Waals surface area contributed by atoms with Gasteiger partial charge in [-0.15, -0.1) is 10.2 Å². The molecule has 3 rings (SSSR count).